The Kier molecular flexibility index (Phi) is 2.63. The number of hydrogen-bond donors (Lipinski definition) is 0. The van der Waals surface area contributed by atoms with Crippen LogP contribution in [-0.4, -0.2) is 5.25 Å². The van der Waals surface area contributed by atoms with Gasteiger partial charge in [0.05, 0.1) is 0 Å². The largest absolute Gasteiger partial charge is 0.185 e. The summed E-state index contributed by atoms with van der Waals surface area (Å²) in [6, 6.07) is 8.33. The number of nitrogens with zero attached hydrogens (tertiary/aromatic N) is 2. The van der Waals surface area contributed by atoms with E-state index in [4.69, 9.17) is 10.5 Å². The summed E-state index contributed by atoms with van der Waals surface area (Å²) in [6.07, 6.45) is 2.16. The number of hydrogen-bond acceptors (Lipinski definition) is 4. The second kappa shape index (κ2) is 4.14. The zero-order valence-corrected chi connectivity index (χ0v) is 10.5. The summed E-state index contributed by atoms with van der Waals surface area (Å²) < 4.78 is 0. The van der Waals surface area contributed by atoms with E-state index in [1.54, 1.807) is 0 Å². The Bertz CT molecular complexity index is 580. The summed E-state index contributed by atoms with van der Waals surface area (Å²) in [7, 11) is 0. The molecule has 2 aliphatic carbocycles. The van der Waals surface area contributed by atoms with Crippen LogP contribution in [0, 0.1) is 21.3 Å². The van der Waals surface area contributed by atoms with Crippen molar-refractivity contribution < 1.29 is 0 Å². The molecule has 0 amide bonds. The lowest BCUT2D eigenvalue weighted by Crippen LogP contribution is -2.06. The second-order valence-electron chi connectivity index (χ2n) is 4.07. The first-order valence-corrected chi connectivity index (χ1v) is 6.97. The molecule has 82 valence electrons. The summed E-state index contributed by atoms with van der Waals surface area (Å²) in [5.74, 6) is 0.544. The van der Waals surface area contributed by atoms with Gasteiger partial charge >= 0.3 is 0 Å². The zero-order valence-electron chi connectivity index (χ0n) is 8.83. The molecule has 0 aromatic heterocycles. The molecule has 0 N–H and O–H groups in total. The van der Waals surface area contributed by atoms with Crippen molar-refractivity contribution in [3.63, 3.8) is 0 Å². The van der Waals surface area contributed by atoms with Crippen LogP contribution >= 0.6 is 23.5 Å². The molecule has 0 aliphatic heterocycles. The molecular weight excluding hydrogens is 248 g/mol. The Balaban J connectivity index is 2.05. The summed E-state index contributed by atoms with van der Waals surface area (Å²) in [6.45, 7) is 0. The van der Waals surface area contributed by atoms with E-state index in [1.165, 1.54) is 34.7 Å². The van der Waals surface area contributed by atoms with Gasteiger partial charge in [-0.2, -0.15) is 10.5 Å². The number of thioether (sulfide) groups is 2. The van der Waals surface area contributed by atoms with Crippen LogP contribution in [0.25, 0.3) is 0 Å². The highest BCUT2D eigenvalue weighted by Crippen LogP contribution is 2.59. The fourth-order valence-electron chi connectivity index (χ4n) is 2.79. The van der Waals surface area contributed by atoms with Crippen molar-refractivity contribution in [2.45, 2.75) is 17.1 Å². The SMILES string of the molecule is N#CSC1=C[C@@H]2c3ccccc3[C@H]1[C@@H]2SC#N. The molecule has 0 spiro atoms. The average molecular weight is 256 g/mol. The minimum Gasteiger partial charge on any atom is -0.185 e. The van der Waals surface area contributed by atoms with E-state index in [2.05, 4.69) is 29.0 Å². The molecule has 2 nitrogen and oxygen atoms in total. The van der Waals surface area contributed by atoms with Gasteiger partial charge in [-0.1, -0.05) is 30.3 Å². The van der Waals surface area contributed by atoms with Gasteiger partial charge in [0.2, 0.25) is 0 Å². The van der Waals surface area contributed by atoms with Crippen molar-refractivity contribution in [3.05, 3.63) is 46.4 Å². The van der Waals surface area contributed by atoms with Crippen LogP contribution in [-0.2, 0) is 0 Å². The van der Waals surface area contributed by atoms with Crippen LogP contribution in [0.3, 0.4) is 0 Å². The quantitative estimate of drug-likeness (QED) is 0.759. The maximum absolute atomic E-state index is 8.90. The third-order valence-electron chi connectivity index (χ3n) is 3.38. The van der Waals surface area contributed by atoms with Crippen LogP contribution < -0.4 is 0 Å². The van der Waals surface area contributed by atoms with Crippen molar-refractivity contribution in [1.29, 1.82) is 10.5 Å². The topological polar surface area (TPSA) is 47.6 Å². The summed E-state index contributed by atoms with van der Waals surface area (Å²) in [5, 5.41) is 22.3. The lowest BCUT2D eigenvalue weighted by Gasteiger charge is -2.14. The molecule has 4 heteroatoms. The molecular formula is C13H8N2S2. The number of allylic oxidation sites excluding steroid dienone is 2. The average Bonchev–Trinajstić information content (AvgIpc) is 2.83. The first kappa shape index (κ1) is 10.8. The monoisotopic (exact) mass is 256 g/mol. The predicted octanol–water partition coefficient (Wildman–Crippen LogP) is 3.56. The van der Waals surface area contributed by atoms with Gasteiger partial charge in [0.15, 0.2) is 0 Å². The lowest BCUT2D eigenvalue weighted by molar-refractivity contribution is 0.826. The standard InChI is InChI=1S/C13H8N2S2/c14-6-16-11-5-10-8-3-1-2-4-9(8)12(11)13(10)17-7-15/h1-5,10,12-13H/t10-,12-,13-/m1/s1. The molecule has 1 aromatic rings. The van der Waals surface area contributed by atoms with Crippen molar-refractivity contribution in [3.8, 4) is 10.8 Å². The highest BCUT2D eigenvalue weighted by atomic mass is 32.2. The summed E-state index contributed by atoms with van der Waals surface area (Å²) in [4.78, 5) is 1.11. The van der Waals surface area contributed by atoms with Crippen LogP contribution in [0.1, 0.15) is 23.0 Å². The highest BCUT2D eigenvalue weighted by Gasteiger charge is 2.47. The minimum absolute atomic E-state index is 0.241. The van der Waals surface area contributed by atoms with Gasteiger partial charge in [-0.3, -0.25) is 0 Å². The van der Waals surface area contributed by atoms with Crippen LogP contribution in [0.4, 0.5) is 0 Å². The molecule has 3 atom stereocenters. The lowest BCUT2D eigenvalue weighted by atomic mass is 9.97. The van der Waals surface area contributed by atoms with Gasteiger partial charge in [-0.25, -0.2) is 0 Å². The van der Waals surface area contributed by atoms with Gasteiger partial charge in [0.25, 0.3) is 0 Å². The smallest absolute Gasteiger partial charge is 0.138 e. The van der Waals surface area contributed by atoms with Gasteiger partial charge < -0.3 is 0 Å². The molecule has 2 bridgehead atoms. The first-order valence-electron chi connectivity index (χ1n) is 5.28. The number of fused-ring (bicyclic) bond motifs is 5. The van der Waals surface area contributed by atoms with Gasteiger partial charge in [-0.05, 0) is 34.7 Å². The van der Waals surface area contributed by atoms with Crippen molar-refractivity contribution in [1.82, 2.24) is 0 Å². The molecule has 0 saturated carbocycles. The van der Waals surface area contributed by atoms with Gasteiger partial charge in [0, 0.05) is 22.0 Å². The van der Waals surface area contributed by atoms with Crippen LogP contribution in [0.5, 0.6) is 0 Å². The molecule has 3 rings (SSSR count). The first-order chi connectivity index (χ1) is 8.36. The summed E-state index contributed by atoms with van der Waals surface area (Å²) in [5.41, 5.74) is 2.62. The van der Waals surface area contributed by atoms with E-state index in [0.717, 1.165) is 4.91 Å². The number of benzene rings is 1. The van der Waals surface area contributed by atoms with Gasteiger partial charge in [-0.15, -0.1) is 0 Å². The Labute approximate surface area is 108 Å². The van der Waals surface area contributed by atoms with E-state index in [-0.39, 0.29) is 11.2 Å². The molecule has 17 heavy (non-hydrogen) atoms. The summed E-state index contributed by atoms with van der Waals surface area (Å²) >= 11 is 2.57. The van der Waals surface area contributed by atoms with Crippen LogP contribution in [0.15, 0.2) is 35.2 Å². The van der Waals surface area contributed by atoms with E-state index in [9.17, 15) is 0 Å². The molecule has 2 aliphatic rings. The molecule has 0 saturated heterocycles. The fraction of sp³-hybridized carbons (Fsp3) is 0.231. The maximum Gasteiger partial charge on any atom is 0.138 e. The third-order valence-corrected chi connectivity index (χ3v) is 5.04. The second-order valence-corrected chi connectivity index (χ2v) is 5.89. The van der Waals surface area contributed by atoms with E-state index >= 15 is 0 Å². The molecule has 1 aromatic carbocycles. The molecule has 0 unspecified atom stereocenters. The Morgan fingerprint density at radius 3 is 2.53 bits per heavy atom. The van der Waals surface area contributed by atoms with Crippen molar-refractivity contribution in [2.24, 2.45) is 0 Å². The zero-order chi connectivity index (χ0) is 11.8. The molecule has 0 fully saturated rings. The Morgan fingerprint density at radius 2 is 1.82 bits per heavy atom. The number of nitriles is 2. The van der Waals surface area contributed by atoms with E-state index < -0.39 is 0 Å². The maximum atomic E-state index is 8.90. The van der Waals surface area contributed by atoms with E-state index in [1.807, 2.05) is 12.1 Å². The predicted molar refractivity (Wildman–Crippen MR) is 70.2 cm³/mol. The molecule has 0 heterocycles. The minimum atomic E-state index is 0.241. The third kappa shape index (κ3) is 1.49. The van der Waals surface area contributed by atoms with Crippen molar-refractivity contribution in [2.75, 3.05) is 0 Å². The normalized spacial score (nSPS) is 28.1. The van der Waals surface area contributed by atoms with Crippen LogP contribution in [0.2, 0.25) is 0 Å². The Morgan fingerprint density at radius 1 is 1.06 bits per heavy atom. The highest BCUT2D eigenvalue weighted by molar-refractivity contribution is 8.07. The fourth-order valence-corrected chi connectivity index (χ4v) is 4.52. The number of thiocyanates is 2. The number of rotatable bonds is 2. The Hall–Kier alpha value is -1.36. The van der Waals surface area contributed by atoms with Crippen molar-refractivity contribution >= 4 is 23.5 Å². The van der Waals surface area contributed by atoms with Gasteiger partial charge in [0.1, 0.15) is 10.8 Å². The van der Waals surface area contributed by atoms with E-state index in [0.29, 0.717) is 5.92 Å². The molecule has 0 radical (unpaired) electrons.